The molecular formula is C21H24N2O2. The summed E-state index contributed by atoms with van der Waals surface area (Å²) in [5.74, 6) is 1.24. The van der Waals surface area contributed by atoms with E-state index in [-0.39, 0.29) is 0 Å². The van der Waals surface area contributed by atoms with Crippen LogP contribution in [0.5, 0.6) is 11.5 Å². The normalized spacial score (nSPS) is 15.0. The van der Waals surface area contributed by atoms with Crippen molar-refractivity contribution in [1.82, 2.24) is 9.47 Å². The van der Waals surface area contributed by atoms with Gasteiger partial charge in [-0.1, -0.05) is 12.1 Å². The maximum Gasteiger partial charge on any atom is 0.119 e. The third-order valence-electron chi connectivity index (χ3n) is 4.91. The SMILES string of the molecule is Oc1ccc2c(ccn2Cc2ccc(OCCN3CCCC3)cc2)c1. The molecule has 1 aliphatic heterocycles. The Kier molecular flexibility index (Phi) is 4.61. The third kappa shape index (κ3) is 3.80. The first kappa shape index (κ1) is 16.0. The molecule has 0 aliphatic carbocycles. The predicted octanol–water partition coefficient (Wildman–Crippen LogP) is 3.87. The quantitative estimate of drug-likeness (QED) is 0.742. The second-order valence-electron chi connectivity index (χ2n) is 6.73. The zero-order chi connectivity index (χ0) is 17.1. The van der Waals surface area contributed by atoms with Crippen LogP contribution in [0.3, 0.4) is 0 Å². The Labute approximate surface area is 148 Å². The van der Waals surface area contributed by atoms with Crippen molar-refractivity contribution in [2.75, 3.05) is 26.2 Å². The van der Waals surface area contributed by atoms with Crippen molar-refractivity contribution in [3.63, 3.8) is 0 Å². The summed E-state index contributed by atoms with van der Waals surface area (Å²) >= 11 is 0. The van der Waals surface area contributed by atoms with E-state index in [0.29, 0.717) is 5.75 Å². The molecule has 25 heavy (non-hydrogen) atoms. The van der Waals surface area contributed by atoms with Crippen LogP contribution in [-0.2, 0) is 6.54 Å². The summed E-state index contributed by atoms with van der Waals surface area (Å²) in [4.78, 5) is 2.46. The molecule has 4 nitrogen and oxygen atoms in total. The fraction of sp³-hybridized carbons (Fsp3) is 0.333. The number of benzene rings is 2. The van der Waals surface area contributed by atoms with Gasteiger partial charge in [0.25, 0.3) is 0 Å². The molecule has 0 amide bonds. The van der Waals surface area contributed by atoms with Gasteiger partial charge in [-0.2, -0.15) is 0 Å². The maximum atomic E-state index is 9.57. The smallest absolute Gasteiger partial charge is 0.119 e. The summed E-state index contributed by atoms with van der Waals surface area (Å²) < 4.78 is 8.06. The molecule has 1 saturated heterocycles. The summed E-state index contributed by atoms with van der Waals surface area (Å²) in [6.07, 6.45) is 4.70. The summed E-state index contributed by atoms with van der Waals surface area (Å²) in [7, 11) is 0. The molecule has 1 fully saturated rings. The zero-order valence-electron chi connectivity index (χ0n) is 14.4. The van der Waals surface area contributed by atoms with Crippen molar-refractivity contribution in [1.29, 1.82) is 0 Å². The van der Waals surface area contributed by atoms with Gasteiger partial charge < -0.3 is 14.4 Å². The first-order valence-corrected chi connectivity index (χ1v) is 9.00. The highest BCUT2D eigenvalue weighted by Crippen LogP contribution is 2.22. The van der Waals surface area contributed by atoms with E-state index >= 15 is 0 Å². The number of nitrogens with zero attached hydrogens (tertiary/aromatic N) is 2. The molecule has 0 spiro atoms. The van der Waals surface area contributed by atoms with E-state index in [1.165, 1.54) is 31.5 Å². The van der Waals surface area contributed by atoms with Crippen LogP contribution in [0.25, 0.3) is 10.9 Å². The van der Waals surface area contributed by atoms with Crippen molar-refractivity contribution in [2.45, 2.75) is 19.4 Å². The van der Waals surface area contributed by atoms with Crippen molar-refractivity contribution < 1.29 is 9.84 Å². The topological polar surface area (TPSA) is 37.6 Å². The molecule has 0 saturated carbocycles. The number of aromatic hydroxyl groups is 1. The average molecular weight is 336 g/mol. The molecule has 3 aromatic rings. The number of phenols is 1. The second-order valence-corrected chi connectivity index (χ2v) is 6.73. The highest BCUT2D eigenvalue weighted by molar-refractivity contribution is 5.81. The molecule has 0 unspecified atom stereocenters. The number of hydrogen-bond acceptors (Lipinski definition) is 3. The van der Waals surface area contributed by atoms with Gasteiger partial charge in [-0.05, 0) is 67.9 Å². The monoisotopic (exact) mass is 336 g/mol. The lowest BCUT2D eigenvalue weighted by molar-refractivity contribution is 0.238. The van der Waals surface area contributed by atoms with Crippen LogP contribution in [0.2, 0.25) is 0 Å². The Morgan fingerprint density at radius 1 is 0.960 bits per heavy atom. The minimum atomic E-state index is 0.306. The van der Waals surface area contributed by atoms with E-state index in [9.17, 15) is 5.11 Å². The van der Waals surface area contributed by atoms with Gasteiger partial charge in [0, 0.05) is 30.2 Å². The van der Waals surface area contributed by atoms with E-state index in [0.717, 1.165) is 36.3 Å². The largest absolute Gasteiger partial charge is 0.508 e. The number of fused-ring (bicyclic) bond motifs is 1. The number of ether oxygens (including phenoxy) is 1. The van der Waals surface area contributed by atoms with Gasteiger partial charge in [0.15, 0.2) is 0 Å². The number of likely N-dealkylation sites (tertiary alicyclic amines) is 1. The lowest BCUT2D eigenvalue weighted by atomic mass is 10.2. The van der Waals surface area contributed by atoms with Crippen molar-refractivity contribution in [2.24, 2.45) is 0 Å². The van der Waals surface area contributed by atoms with Crippen LogP contribution in [0, 0.1) is 0 Å². The Morgan fingerprint density at radius 2 is 1.76 bits per heavy atom. The fourth-order valence-corrected chi connectivity index (χ4v) is 3.51. The highest BCUT2D eigenvalue weighted by Gasteiger charge is 2.10. The second kappa shape index (κ2) is 7.19. The van der Waals surface area contributed by atoms with Crippen LogP contribution in [0.4, 0.5) is 0 Å². The van der Waals surface area contributed by atoms with Crippen LogP contribution in [0.1, 0.15) is 18.4 Å². The van der Waals surface area contributed by atoms with E-state index in [1.54, 1.807) is 12.1 Å². The summed E-state index contributed by atoms with van der Waals surface area (Å²) in [5.41, 5.74) is 2.36. The molecule has 0 radical (unpaired) electrons. The molecule has 2 aromatic carbocycles. The number of phenolic OH excluding ortho intramolecular Hbond substituents is 1. The van der Waals surface area contributed by atoms with E-state index in [2.05, 4.69) is 39.9 Å². The lowest BCUT2D eigenvalue weighted by Gasteiger charge is -2.15. The van der Waals surface area contributed by atoms with Gasteiger partial charge in [-0.15, -0.1) is 0 Å². The Balaban J connectivity index is 1.36. The Morgan fingerprint density at radius 3 is 2.56 bits per heavy atom. The number of aromatic nitrogens is 1. The van der Waals surface area contributed by atoms with Crippen LogP contribution < -0.4 is 4.74 Å². The van der Waals surface area contributed by atoms with E-state index in [1.807, 2.05) is 12.1 Å². The van der Waals surface area contributed by atoms with Gasteiger partial charge in [0.2, 0.25) is 0 Å². The van der Waals surface area contributed by atoms with Crippen molar-refractivity contribution in [3.8, 4) is 11.5 Å². The molecule has 1 aromatic heterocycles. The molecular weight excluding hydrogens is 312 g/mol. The molecule has 130 valence electrons. The Hall–Kier alpha value is -2.46. The zero-order valence-corrected chi connectivity index (χ0v) is 14.4. The molecule has 2 heterocycles. The molecule has 1 N–H and O–H groups in total. The van der Waals surface area contributed by atoms with Crippen LogP contribution in [-0.4, -0.2) is 40.8 Å². The number of rotatable bonds is 6. The summed E-state index contributed by atoms with van der Waals surface area (Å²) in [6.45, 7) is 5.01. The molecule has 0 atom stereocenters. The Bertz CT molecular complexity index is 833. The van der Waals surface area contributed by atoms with Gasteiger partial charge in [-0.3, -0.25) is 4.90 Å². The fourth-order valence-electron chi connectivity index (χ4n) is 3.51. The predicted molar refractivity (Wildman–Crippen MR) is 100 cm³/mol. The van der Waals surface area contributed by atoms with Gasteiger partial charge in [0.1, 0.15) is 18.1 Å². The van der Waals surface area contributed by atoms with Crippen LogP contribution in [0.15, 0.2) is 54.7 Å². The summed E-state index contributed by atoms with van der Waals surface area (Å²) in [5, 5.41) is 10.6. The van der Waals surface area contributed by atoms with Gasteiger partial charge >= 0.3 is 0 Å². The summed E-state index contributed by atoms with van der Waals surface area (Å²) in [6, 6.07) is 15.9. The average Bonchev–Trinajstić information content (AvgIpc) is 3.26. The van der Waals surface area contributed by atoms with E-state index in [4.69, 9.17) is 4.74 Å². The lowest BCUT2D eigenvalue weighted by Crippen LogP contribution is -2.25. The molecule has 0 bridgehead atoms. The molecule has 1 aliphatic rings. The number of hydrogen-bond donors (Lipinski definition) is 1. The third-order valence-corrected chi connectivity index (χ3v) is 4.91. The first-order chi connectivity index (χ1) is 12.3. The highest BCUT2D eigenvalue weighted by atomic mass is 16.5. The van der Waals surface area contributed by atoms with Gasteiger partial charge in [-0.25, -0.2) is 0 Å². The van der Waals surface area contributed by atoms with Crippen molar-refractivity contribution >= 4 is 10.9 Å². The van der Waals surface area contributed by atoms with Crippen molar-refractivity contribution in [3.05, 3.63) is 60.3 Å². The van der Waals surface area contributed by atoms with E-state index < -0.39 is 0 Å². The molecule has 4 heteroatoms. The van der Waals surface area contributed by atoms with Gasteiger partial charge in [0.05, 0.1) is 0 Å². The maximum absolute atomic E-state index is 9.57. The standard InChI is InChI=1S/C21H24N2O2/c24-19-5-8-21-18(15-19)9-12-23(21)16-17-3-6-20(7-4-17)25-14-13-22-10-1-2-11-22/h3-9,12,15,24H,1-2,10-11,13-14,16H2. The van der Waals surface area contributed by atoms with Crippen LogP contribution >= 0.6 is 0 Å². The minimum Gasteiger partial charge on any atom is -0.508 e. The first-order valence-electron chi connectivity index (χ1n) is 9.00. The molecule has 4 rings (SSSR count). The minimum absolute atomic E-state index is 0.306.